The second-order valence-electron chi connectivity index (χ2n) is 8.86. The van der Waals surface area contributed by atoms with Gasteiger partial charge in [-0.2, -0.15) is 0 Å². The third kappa shape index (κ3) is 6.63. The first kappa shape index (κ1) is 28.4. The Kier molecular flexibility index (Phi) is 11.1. The molecule has 0 spiro atoms. The van der Waals surface area contributed by atoms with Crippen molar-refractivity contribution >= 4 is 24.8 Å². The number of rotatable bonds is 9. The van der Waals surface area contributed by atoms with Crippen molar-refractivity contribution in [1.29, 1.82) is 0 Å². The average molecular weight is 514 g/mol. The topological polar surface area (TPSA) is 43.4 Å². The first-order valence-corrected chi connectivity index (χ1v) is 11.5. The quantitative estimate of drug-likeness (QED) is 0.493. The lowest BCUT2D eigenvalue weighted by atomic mass is 9.97. The molecule has 2 aromatic carbocycles. The molecular formula is C26H38Cl2N2O4. The molecule has 0 aromatic heterocycles. The predicted octanol–water partition coefficient (Wildman–Crippen LogP) is 4.49. The summed E-state index contributed by atoms with van der Waals surface area (Å²) in [4.78, 5) is 5.21. The molecule has 1 saturated heterocycles. The molecule has 1 atom stereocenters. The van der Waals surface area contributed by atoms with Gasteiger partial charge in [-0.3, -0.25) is 4.90 Å². The Balaban J connectivity index is 0.00000204. The van der Waals surface area contributed by atoms with E-state index in [4.69, 9.17) is 18.9 Å². The zero-order valence-corrected chi connectivity index (χ0v) is 22.3. The van der Waals surface area contributed by atoms with Gasteiger partial charge in [-0.25, -0.2) is 0 Å². The van der Waals surface area contributed by atoms with Gasteiger partial charge in [-0.1, -0.05) is 6.07 Å². The summed E-state index contributed by atoms with van der Waals surface area (Å²) in [5.41, 5.74) is 4.06. The molecule has 2 aliphatic rings. The molecule has 2 aliphatic heterocycles. The van der Waals surface area contributed by atoms with Gasteiger partial charge in [0.25, 0.3) is 0 Å². The van der Waals surface area contributed by atoms with Crippen LogP contribution in [0.25, 0.3) is 0 Å². The summed E-state index contributed by atoms with van der Waals surface area (Å²) in [6, 6.07) is 10.5. The lowest BCUT2D eigenvalue weighted by Gasteiger charge is -2.31. The van der Waals surface area contributed by atoms with Crippen LogP contribution in [-0.4, -0.2) is 71.0 Å². The number of halogens is 2. The molecule has 0 radical (unpaired) electrons. The van der Waals surface area contributed by atoms with Crippen molar-refractivity contribution in [2.45, 2.75) is 25.8 Å². The maximum absolute atomic E-state index is 5.51. The van der Waals surface area contributed by atoms with Crippen molar-refractivity contribution in [1.82, 2.24) is 9.80 Å². The van der Waals surface area contributed by atoms with E-state index in [0.29, 0.717) is 0 Å². The lowest BCUT2D eigenvalue weighted by molar-refractivity contribution is 0.209. The van der Waals surface area contributed by atoms with Gasteiger partial charge in [0, 0.05) is 32.7 Å². The van der Waals surface area contributed by atoms with Crippen molar-refractivity contribution in [3.05, 3.63) is 47.0 Å². The third-order valence-corrected chi connectivity index (χ3v) is 6.85. The first-order valence-electron chi connectivity index (χ1n) is 11.5. The molecule has 34 heavy (non-hydrogen) atoms. The number of likely N-dealkylation sites (tertiary alicyclic amines) is 1. The van der Waals surface area contributed by atoms with Crippen molar-refractivity contribution in [3.63, 3.8) is 0 Å². The molecule has 0 saturated carbocycles. The van der Waals surface area contributed by atoms with Crippen molar-refractivity contribution in [2.75, 3.05) is 61.2 Å². The van der Waals surface area contributed by atoms with Crippen LogP contribution in [0, 0.1) is 5.92 Å². The second-order valence-corrected chi connectivity index (χ2v) is 8.86. The summed E-state index contributed by atoms with van der Waals surface area (Å²) < 4.78 is 21.8. The Bertz CT molecular complexity index is 928. The normalized spacial score (nSPS) is 17.8. The first-order chi connectivity index (χ1) is 15.6. The van der Waals surface area contributed by atoms with E-state index in [0.717, 1.165) is 61.4 Å². The molecule has 6 nitrogen and oxygen atoms in total. The minimum Gasteiger partial charge on any atom is -0.493 e. The highest BCUT2D eigenvalue weighted by Crippen LogP contribution is 2.34. The fourth-order valence-corrected chi connectivity index (χ4v) is 5.05. The van der Waals surface area contributed by atoms with Crippen molar-refractivity contribution in [3.8, 4) is 23.0 Å². The maximum Gasteiger partial charge on any atom is 0.161 e. The zero-order valence-electron chi connectivity index (χ0n) is 20.7. The van der Waals surface area contributed by atoms with Crippen LogP contribution in [0.3, 0.4) is 0 Å². The standard InChI is InChI=1S/C26H36N2O4.2ClH/c1-29-23-6-5-19(13-24(23)30-2)7-10-27-11-8-20(16-27)17-28-12-9-21-14-25(31-3)26(32-4)15-22(21)18-28;;/h5-6,13-15,20H,7-12,16-18H2,1-4H3;2*1H. The van der Waals surface area contributed by atoms with E-state index < -0.39 is 0 Å². The van der Waals surface area contributed by atoms with Gasteiger partial charge in [0.05, 0.1) is 28.4 Å². The van der Waals surface area contributed by atoms with Crippen LogP contribution >= 0.6 is 24.8 Å². The highest BCUT2D eigenvalue weighted by atomic mass is 35.5. The molecule has 2 heterocycles. The smallest absolute Gasteiger partial charge is 0.161 e. The molecule has 190 valence electrons. The van der Waals surface area contributed by atoms with Crippen molar-refractivity contribution < 1.29 is 18.9 Å². The monoisotopic (exact) mass is 512 g/mol. The Labute approximate surface area is 216 Å². The highest BCUT2D eigenvalue weighted by Gasteiger charge is 2.26. The SMILES string of the molecule is COc1ccc(CCN2CCC(CN3CCc4cc(OC)c(OC)cc4C3)C2)cc1OC.Cl.Cl. The molecule has 8 heteroatoms. The van der Waals surface area contributed by atoms with Gasteiger partial charge in [-0.05, 0) is 72.7 Å². The van der Waals surface area contributed by atoms with Gasteiger partial charge < -0.3 is 23.8 Å². The van der Waals surface area contributed by atoms with E-state index >= 15 is 0 Å². The molecule has 0 aliphatic carbocycles. The minimum atomic E-state index is 0. The summed E-state index contributed by atoms with van der Waals surface area (Å²) in [6.45, 7) is 6.74. The van der Waals surface area contributed by atoms with Gasteiger partial charge in [0.2, 0.25) is 0 Å². The molecular weight excluding hydrogens is 475 g/mol. The highest BCUT2D eigenvalue weighted by molar-refractivity contribution is 5.85. The van der Waals surface area contributed by atoms with Crippen LogP contribution in [0.5, 0.6) is 23.0 Å². The van der Waals surface area contributed by atoms with E-state index in [9.17, 15) is 0 Å². The number of methoxy groups -OCH3 is 4. The number of hydrogen-bond donors (Lipinski definition) is 0. The molecule has 0 bridgehead atoms. The van der Waals surface area contributed by atoms with E-state index in [-0.39, 0.29) is 24.8 Å². The fourth-order valence-electron chi connectivity index (χ4n) is 5.05. The van der Waals surface area contributed by atoms with E-state index in [1.165, 1.54) is 42.7 Å². The Morgan fingerprint density at radius 1 is 0.765 bits per heavy atom. The van der Waals surface area contributed by atoms with E-state index in [2.05, 4.69) is 34.1 Å². The summed E-state index contributed by atoms with van der Waals surface area (Å²) in [5, 5.41) is 0. The van der Waals surface area contributed by atoms with Gasteiger partial charge in [-0.15, -0.1) is 24.8 Å². The largest absolute Gasteiger partial charge is 0.493 e. The molecule has 2 aromatic rings. The van der Waals surface area contributed by atoms with Crippen molar-refractivity contribution in [2.24, 2.45) is 5.92 Å². The summed E-state index contributed by atoms with van der Waals surface area (Å²) in [5.74, 6) is 4.00. The fraction of sp³-hybridized carbons (Fsp3) is 0.538. The third-order valence-electron chi connectivity index (χ3n) is 6.85. The van der Waals surface area contributed by atoms with E-state index in [1.54, 1.807) is 28.4 Å². The lowest BCUT2D eigenvalue weighted by Crippen LogP contribution is -2.35. The predicted molar refractivity (Wildman–Crippen MR) is 141 cm³/mol. The molecule has 0 N–H and O–H groups in total. The van der Waals surface area contributed by atoms with Crippen LogP contribution in [0.4, 0.5) is 0 Å². The van der Waals surface area contributed by atoms with Crippen LogP contribution in [-0.2, 0) is 19.4 Å². The van der Waals surface area contributed by atoms with Crippen LogP contribution in [0.1, 0.15) is 23.1 Å². The second kappa shape index (κ2) is 13.3. The van der Waals surface area contributed by atoms with Gasteiger partial charge in [0.15, 0.2) is 23.0 Å². The number of nitrogens with zero attached hydrogens (tertiary/aromatic N) is 2. The van der Waals surface area contributed by atoms with Crippen LogP contribution in [0.2, 0.25) is 0 Å². The minimum absolute atomic E-state index is 0. The molecule has 1 unspecified atom stereocenters. The number of ether oxygens (including phenoxy) is 4. The Hall–Kier alpha value is -1.86. The molecule has 4 rings (SSSR count). The number of hydrogen-bond acceptors (Lipinski definition) is 6. The number of fused-ring (bicyclic) bond motifs is 1. The Morgan fingerprint density at radius 2 is 1.41 bits per heavy atom. The van der Waals surface area contributed by atoms with Gasteiger partial charge >= 0.3 is 0 Å². The zero-order chi connectivity index (χ0) is 22.5. The van der Waals surface area contributed by atoms with Gasteiger partial charge in [0.1, 0.15) is 0 Å². The Morgan fingerprint density at radius 3 is 2.09 bits per heavy atom. The maximum atomic E-state index is 5.51. The molecule has 1 fully saturated rings. The summed E-state index contributed by atoms with van der Waals surface area (Å²) in [7, 11) is 6.78. The van der Waals surface area contributed by atoms with Crippen LogP contribution < -0.4 is 18.9 Å². The van der Waals surface area contributed by atoms with Crippen LogP contribution in [0.15, 0.2) is 30.3 Å². The average Bonchev–Trinajstić information content (AvgIpc) is 3.28. The summed E-state index contributed by atoms with van der Waals surface area (Å²) in [6.07, 6.45) is 3.39. The number of benzene rings is 2. The summed E-state index contributed by atoms with van der Waals surface area (Å²) >= 11 is 0. The van der Waals surface area contributed by atoms with E-state index in [1.807, 2.05) is 6.07 Å². The molecule has 0 amide bonds.